The van der Waals surface area contributed by atoms with E-state index in [-0.39, 0.29) is 23.9 Å². The van der Waals surface area contributed by atoms with Gasteiger partial charge in [0.2, 0.25) is 0 Å². The van der Waals surface area contributed by atoms with Gasteiger partial charge in [-0.05, 0) is 13.8 Å². The summed E-state index contributed by atoms with van der Waals surface area (Å²) in [6.07, 6.45) is 0. The van der Waals surface area contributed by atoms with Crippen molar-refractivity contribution in [2.24, 2.45) is 11.1 Å². The van der Waals surface area contributed by atoms with Gasteiger partial charge >= 0.3 is 0 Å². The zero-order valence-corrected chi connectivity index (χ0v) is 10.5. The van der Waals surface area contributed by atoms with E-state index in [4.69, 9.17) is 5.73 Å². The minimum absolute atomic E-state index is 0. The molecule has 2 N–H and O–H groups in total. The van der Waals surface area contributed by atoms with E-state index in [1.54, 1.807) is 0 Å². The van der Waals surface area contributed by atoms with Crippen molar-refractivity contribution in [1.82, 2.24) is 0 Å². The third-order valence-electron chi connectivity index (χ3n) is 1.78. The van der Waals surface area contributed by atoms with E-state index in [2.05, 4.69) is 6.58 Å². The van der Waals surface area contributed by atoms with Crippen LogP contribution in [-0.4, -0.2) is 38.0 Å². The summed E-state index contributed by atoms with van der Waals surface area (Å²) in [4.78, 5) is 11.6. The van der Waals surface area contributed by atoms with E-state index >= 15 is 0 Å². The molecule has 0 fully saturated rings. The largest absolute Gasteiger partial charge is 1.00 e. The molecule has 0 rings (SSSR count). The maximum Gasteiger partial charge on any atom is 0.189 e. The lowest BCUT2D eigenvalue weighted by molar-refractivity contribution is -0.875. The second-order valence-electron chi connectivity index (χ2n) is 5.19. The van der Waals surface area contributed by atoms with Gasteiger partial charge in [-0.15, -0.1) is 0 Å². The minimum Gasteiger partial charge on any atom is -1.00 e. The second kappa shape index (κ2) is 4.80. The fourth-order valence-electron chi connectivity index (χ4n) is 1.69. The summed E-state index contributed by atoms with van der Waals surface area (Å²) in [5.41, 5.74) is 5.11. The fourth-order valence-corrected chi connectivity index (χ4v) is 1.69. The molecule has 0 heterocycles. The van der Waals surface area contributed by atoms with Gasteiger partial charge in [0.05, 0.1) is 38.8 Å². The number of hydrogen-bond donors (Lipinski definition) is 1. The van der Waals surface area contributed by atoms with Crippen molar-refractivity contribution in [3.8, 4) is 0 Å². The molecule has 0 aromatic rings. The number of quaternary nitrogens is 1. The molecular weight excluding hydrogens is 200 g/mol. The van der Waals surface area contributed by atoms with E-state index in [1.807, 2.05) is 35.0 Å². The Kier molecular flexibility index (Phi) is 5.46. The Labute approximate surface area is 93.0 Å². The highest BCUT2D eigenvalue weighted by Crippen LogP contribution is 2.21. The molecular formula is C10H21ClN2O. The van der Waals surface area contributed by atoms with Gasteiger partial charge in [-0.1, -0.05) is 6.58 Å². The third-order valence-corrected chi connectivity index (χ3v) is 1.78. The molecule has 0 aliphatic rings. The summed E-state index contributed by atoms with van der Waals surface area (Å²) in [5, 5.41) is 0. The van der Waals surface area contributed by atoms with Crippen LogP contribution in [0.3, 0.4) is 0 Å². The normalized spacial score (nSPS) is 11.8. The van der Waals surface area contributed by atoms with Crippen molar-refractivity contribution in [1.29, 1.82) is 0 Å². The first-order valence-electron chi connectivity index (χ1n) is 4.36. The zero-order valence-electron chi connectivity index (χ0n) is 9.72. The second-order valence-corrected chi connectivity index (χ2v) is 5.19. The Hall–Kier alpha value is -0.540. The summed E-state index contributed by atoms with van der Waals surface area (Å²) < 4.78 is 0.742. The molecule has 0 saturated carbocycles. The van der Waals surface area contributed by atoms with Crippen LogP contribution in [0.1, 0.15) is 13.8 Å². The van der Waals surface area contributed by atoms with Gasteiger partial charge in [0.25, 0.3) is 0 Å². The van der Waals surface area contributed by atoms with Gasteiger partial charge < -0.3 is 22.6 Å². The van der Waals surface area contributed by atoms with Crippen molar-refractivity contribution in [3.05, 3.63) is 12.3 Å². The number of allylic oxidation sites excluding steroid dienone is 1. The van der Waals surface area contributed by atoms with Crippen molar-refractivity contribution in [2.75, 3.05) is 27.7 Å². The van der Waals surface area contributed by atoms with Crippen LogP contribution < -0.4 is 18.1 Å². The number of rotatable bonds is 4. The van der Waals surface area contributed by atoms with E-state index in [9.17, 15) is 4.79 Å². The molecule has 0 spiro atoms. The summed E-state index contributed by atoms with van der Waals surface area (Å²) in [7, 11) is 6.15. The number of carbonyl (C=O) groups excluding carboxylic acids is 1. The summed E-state index contributed by atoms with van der Waals surface area (Å²) in [6, 6.07) is 0. The molecule has 0 saturated heterocycles. The fraction of sp³-hybridized carbons (Fsp3) is 0.700. The Balaban J connectivity index is 0. The smallest absolute Gasteiger partial charge is 0.189 e. The first-order valence-corrected chi connectivity index (χ1v) is 4.36. The molecule has 0 amide bonds. The van der Waals surface area contributed by atoms with Crippen LogP contribution in [0.15, 0.2) is 12.3 Å². The molecule has 0 bridgehead atoms. The van der Waals surface area contributed by atoms with E-state index in [0.29, 0.717) is 0 Å². The first-order chi connectivity index (χ1) is 5.56. The average Bonchev–Trinajstić information content (AvgIpc) is 1.80. The van der Waals surface area contributed by atoms with Gasteiger partial charge in [-0.25, -0.2) is 0 Å². The molecule has 0 aliphatic carbocycles. The predicted molar refractivity (Wildman–Crippen MR) is 55.0 cm³/mol. The van der Waals surface area contributed by atoms with Gasteiger partial charge in [0.15, 0.2) is 5.78 Å². The van der Waals surface area contributed by atoms with Gasteiger partial charge in [0.1, 0.15) is 0 Å². The van der Waals surface area contributed by atoms with Gasteiger partial charge in [0, 0.05) is 0 Å². The highest BCUT2D eigenvalue weighted by atomic mass is 35.5. The molecule has 4 heteroatoms. The van der Waals surface area contributed by atoms with Crippen LogP contribution in [0.5, 0.6) is 0 Å². The number of ketones is 1. The van der Waals surface area contributed by atoms with E-state index in [1.165, 1.54) is 0 Å². The Morgan fingerprint density at radius 3 is 1.93 bits per heavy atom. The Morgan fingerprint density at radius 1 is 1.36 bits per heavy atom. The van der Waals surface area contributed by atoms with Crippen LogP contribution in [0, 0.1) is 5.41 Å². The number of carbonyl (C=O) groups is 1. The number of Topliss-reactive ketones (excluding diaryl/α,β-unsaturated/α-hetero) is 1. The highest BCUT2D eigenvalue weighted by molar-refractivity contribution is 5.98. The van der Waals surface area contributed by atoms with E-state index in [0.717, 1.165) is 11.0 Å². The molecule has 14 heavy (non-hydrogen) atoms. The number of hydrogen-bond acceptors (Lipinski definition) is 2. The molecule has 0 aromatic carbocycles. The van der Waals surface area contributed by atoms with Crippen molar-refractivity contribution in [2.45, 2.75) is 13.8 Å². The molecule has 0 aliphatic heterocycles. The van der Waals surface area contributed by atoms with Crippen LogP contribution in [-0.2, 0) is 4.79 Å². The third kappa shape index (κ3) is 5.25. The maximum absolute atomic E-state index is 11.6. The SMILES string of the molecule is C=C(N)C(=O)C(C)(C)C[N+](C)(C)C.[Cl-]. The number of nitrogens with zero attached hydrogens (tertiary/aromatic N) is 1. The van der Waals surface area contributed by atoms with Crippen molar-refractivity contribution < 1.29 is 21.7 Å². The summed E-state index contributed by atoms with van der Waals surface area (Å²) >= 11 is 0. The quantitative estimate of drug-likeness (QED) is 0.430. The lowest BCUT2D eigenvalue weighted by Gasteiger charge is -2.33. The van der Waals surface area contributed by atoms with Crippen molar-refractivity contribution >= 4 is 5.78 Å². The van der Waals surface area contributed by atoms with Crippen LogP contribution in [0.2, 0.25) is 0 Å². The lowest BCUT2D eigenvalue weighted by atomic mass is 9.85. The van der Waals surface area contributed by atoms with Crippen LogP contribution >= 0.6 is 0 Å². The molecule has 3 nitrogen and oxygen atoms in total. The first kappa shape index (κ1) is 15.9. The molecule has 0 atom stereocenters. The highest BCUT2D eigenvalue weighted by Gasteiger charge is 2.34. The average molecular weight is 221 g/mol. The molecule has 84 valence electrons. The van der Waals surface area contributed by atoms with Gasteiger partial charge in [-0.2, -0.15) is 0 Å². The molecule has 0 radical (unpaired) electrons. The maximum atomic E-state index is 11.6. The Morgan fingerprint density at radius 2 is 1.71 bits per heavy atom. The number of halogens is 1. The van der Waals surface area contributed by atoms with Gasteiger partial charge in [-0.3, -0.25) is 4.79 Å². The number of nitrogens with two attached hydrogens (primary N) is 1. The van der Waals surface area contributed by atoms with Crippen LogP contribution in [0.4, 0.5) is 0 Å². The van der Waals surface area contributed by atoms with Crippen molar-refractivity contribution in [3.63, 3.8) is 0 Å². The lowest BCUT2D eigenvalue weighted by Crippen LogP contribution is -3.00. The van der Waals surface area contributed by atoms with Crippen LogP contribution in [0.25, 0.3) is 0 Å². The molecule has 0 aromatic heterocycles. The Bertz CT molecular complexity index is 229. The summed E-state index contributed by atoms with van der Waals surface area (Å²) in [5.74, 6) is -0.0550. The standard InChI is InChI=1S/C10H21N2O.ClH/c1-8(11)9(13)10(2,3)7-12(4,5)6;/h1,7,11H2,2-6H3;1H/q+1;/p-1. The topological polar surface area (TPSA) is 43.1 Å². The molecule has 0 unspecified atom stereocenters. The zero-order chi connectivity index (χ0) is 10.9. The monoisotopic (exact) mass is 220 g/mol. The predicted octanol–water partition coefficient (Wildman–Crippen LogP) is -2.24. The summed E-state index contributed by atoms with van der Waals surface area (Å²) in [6.45, 7) is 8.02. The van der Waals surface area contributed by atoms with E-state index < -0.39 is 5.41 Å². The minimum atomic E-state index is -0.427.